The Balaban J connectivity index is 1.97. The molecular weight excluding hydrogens is 243 g/mol. The van der Waals surface area contributed by atoms with Crippen LogP contribution in [0.5, 0.6) is 0 Å². The van der Waals surface area contributed by atoms with Gasteiger partial charge in [0.05, 0.1) is 5.69 Å². The van der Waals surface area contributed by atoms with Crippen LogP contribution in [0.1, 0.15) is 10.4 Å². The normalized spacial score (nSPS) is 10.6. The Kier molecular flexibility index (Phi) is 2.76. The Bertz CT molecular complexity index is 748. The van der Waals surface area contributed by atoms with Gasteiger partial charge in [-0.2, -0.15) is 0 Å². The molecule has 0 saturated heterocycles. The van der Waals surface area contributed by atoms with Crippen LogP contribution in [0.15, 0.2) is 54.7 Å². The number of para-hydroxylation sites is 1. The molecular formula is C15H11FN2O. The maximum Gasteiger partial charge on any atom is 0.256 e. The van der Waals surface area contributed by atoms with Crippen LogP contribution in [-0.4, -0.2) is 10.9 Å². The van der Waals surface area contributed by atoms with Crippen molar-refractivity contribution in [3.8, 4) is 0 Å². The lowest BCUT2D eigenvalue weighted by atomic mass is 10.1. The topological polar surface area (TPSA) is 44.9 Å². The number of hydrogen-bond acceptors (Lipinski definition) is 1. The number of hydrogen-bond donors (Lipinski definition) is 2. The second kappa shape index (κ2) is 4.57. The van der Waals surface area contributed by atoms with E-state index in [-0.39, 0.29) is 11.6 Å². The van der Waals surface area contributed by atoms with Crippen molar-refractivity contribution in [2.75, 3.05) is 5.32 Å². The van der Waals surface area contributed by atoms with E-state index in [0.717, 1.165) is 10.9 Å². The zero-order valence-corrected chi connectivity index (χ0v) is 9.98. The van der Waals surface area contributed by atoms with Gasteiger partial charge in [-0.05, 0) is 30.3 Å². The van der Waals surface area contributed by atoms with Crippen LogP contribution >= 0.6 is 0 Å². The molecule has 1 heterocycles. The molecule has 3 rings (SSSR count). The number of fused-ring (bicyclic) bond motifs is 1. The summed E-state index contributed by atoms with van der Waals surface area (Å²) in [5, 5.41) is 3.40. The van der Waals surface area contributed by atoms with E-state index >= 15 is 0 Å². The zero-order valence-electron chi connectivity index (χ0n) is 9.98. The van der Waals surface area contributed by atoms with E-state index in [1.54, 1.807) is 30.5 Å². The molecule has 0 aliphatic rings. The van der Waals surface area contributed by atoms with Gasteiger partial charge in [-0.1, -0.05) is 18.2 Å². The van der Waals surface area contributed by atoms with Crippen molar-refractivity contribution in [1.29, 1.82) is 0 Å². The maximum absolute atomic E-state index is 13.5. The van der Waals surface area contributed by atoms with Crippen LogP contribution in [0.25, 0.3) is 10.9 Å². The minimum Gasteiger partial charge on any atom is -0.361 e. The fraction of sp³-hybridized carbons (Fsp3) is 0. The van der Waals surface area contributed by atoms with E-state index in [9.17, 15) is 9.18 Å². The van der Waals surface area contributed by atoms with Crippen LogP contribution in [0.4, 0.5) is 10.1 Å². The molecule has 1 aromatic heterocycles. The van der Waals surface area contributed by atoms with Crippen molar-refractivity contribution in [3.63, 3.8) is 0 Å². The summed E-state index contributed by atoms with van der Waals surface area (Å²) in [7, 11) is 0. The molecule has 4 heteroatoms. The van der Waals surface area contributed by atoms with Crippen molar-refractivity contribution in [2.24, 2.45) is 0 Å². The van der Waals surface area contributed by atoms with Gasteiger partial charge in [0.25, 0.3) is 5.91 Å². The van der Waals surface area contributed by atoms with Crippen molar-refractivity contribution in [2.45, 2.75) is 0 Å². The Morgan fingerprint density at radius 3 is 2.74 bits per heavy atom. The number of aromatic amines is 1. The van der Waals surface area contributed by atoms with Crippen molar-refractivity contribution >= 4 is 22.5 Å². The molecule has 2 aromatic carbocycles. The molecule has 0 aliphatic heterocycles. The van der Waals surface area contributed by atoms with Crippen molar-refractivity contribution < 1.29 is 9.18 Å². The van der Waals surface area contributed by atoms with Crippen LogP contribution in [0, 0.1) is 5.82 Å². The first-order valence-corrected chi connectivity index (χ1v) is 5.88. The molecule has 0 fully saturated rings. The van der Waals surface area contributed by atoms with E-state index in [1.807, 2.05) is 12.1 Å². The summed E-state index contributed by atoms with van der Waals surface area (Å²) in [6, 6.07) is 13.3. The summed E-state index contributed by atoms with van der Waals surface area (Å²) in [6.07, 6.45) is 1.77. The number of amides is 1. The number of aromatic nitrogens is 1. The largest absolute Gasteiger partial charge is 0.361 e. The smallest absolute Gasteiger partial charge is 0.256 e. The average Bonchev–Trinajstić information content (AvgIpc) is 2.89. The van der Waals surface area contributed by atoms with E-state index < -0.39 is 5.82 Å². The number of rotatable bonds is 2. The van der Waals surface area contributed by atoms with Crippen LogP contribution in [0.2, 0.25) is 0 Å². The third kappa shape index (κ3) is 2.08. The van der Waals surface area contributed by atoms with Gasteiger partial charge in [0, 0.05) is 22.7 Å². The standard InChI is InChI=1S/C15H11FN2O/c16-12-5-1-2-6-14(12)18-15(19)11-4-3-7-13-10(11)8-9-17-13/h1-9,17H,(H,18,19). The van der Waals surface area contributed by atoms with Crippen LogP contribution in [-0.2, 0) is 0 Å². The first-order chi connectivity index (χ1) is 9.25. The van der Waals surface area contributed by atoms with E-state index in [2.05, 4.69) is 10.3 Å². The van der Waals surface area contributed by atoms with Crippen LogP contribution in [0.3, 0.4) is 0 Å². The highest BCUT2D eigenvalue weighted by Crippen LogP contribution is 2.20. The lowest BCUT2D eigenvalue weighted by molar-refractivity contribution is 0.102. The summed E-state index contributed by atoms with van der Waals surface area (Å²) in [6.45, 7) is 0. The molecule has 0 atom stereocenters. The lowest BCUT2D eigenvalue weighted by Crippen LogP contribution is -2.13. The van der Waals surface area contributed by atoms with Gasteiger partial charge in [0.2, 0.25) is 0 Å². The summed E-state index contributed by atoms with van der Waals surface area (Å²) >= 11 is 0. The Morgan fingerprint density at radius 2 is 1.89 bits per heavy atom. The molecule has 0 aliphatic carbocycles. The molecule has 19 heavy (non-hydrogen) atoms. The number of benzene rings is 2. The van der Waals surface area contributed by atoms with Gasteiger partial charge in [0.15, 0.2) is 0 Å². The Labute approximate surface area is 109 Å². The number of nitrogens with one attached hydrogen (secondary N) is 2. The monoisotopic (exact) mass is 254 g/mol. The van der Waals surface area contributed by atoms with E-state index in [4.69, 9.17) is 0 Å². The zero-order chi connectivity index (χ0) is 13.2. The molecule has 2 N–H and O–H groups in total. The second-order valence-corrected chi connectivity index (χ2v) is 4.18. The Morgan fingerprint density at radius 1 is 1.05 bits per heavy atom. The minimum absolute atomic E-state index is 0.181. The van der Waals surface area contributed by atoms with Crippen molar-refractivity contribution in [3.05, 3.63) is 66.1 Å². The summed E-state index contributed by atoms with van der Waals surface area (Å²) < 4.78 is 13.5. The predicted molar refractivity (Wildman–Crippen MR) is 72.7 cm³/mol. The van der Waals surface area contributed by atoms with Gasteiger partial charge in [-0.3, -0.25) is 4.79 Å². The molecule has 3 aromatic rings. The van der Waals surface area contributed by atoms with Gasteiger partial charge in [-0.15, -0.1) is 0 Å². The van der Waals surface area contributed by atoms with E-state index in [0.29, 0.717) is 5.56 Å². The van der Waals surface area contributed by atoms with Gasteiger partial charge < -0.3 is 10.3 Å². The number of carbonyl (C=O) groups excluding carboxylic acids is 1. The molecule has 0 spiro atoms. The summed E-state index contributed by atoms with van der Waals surface area (Å²) in [5.41, 5.74) is 1.57. The third-order valence-electron chi connectivity index (χ3n) is 2.96. The van der Waals surface area contributed by atoms with Crippen molar-refractivity contribution in [1.82, 2.24) is 4.98 Å². The van der Waals surface area contributed by atoms with Gasteiger partial charge in [-0.25, -0.2) is 4.39 Å². The molecule has 0 bridgehead atoms. The quantitative estimate of drug-likeness (QED) is 0.721. The lowest BCUT2D eigenvalue weighted by Gasteiger charge is -2.07. The molecule has 0 unspecified atom stereocenters. The van der Waals surface area contributed by atoms with E-state index in [1.165, 1.54) is 12.1 Å². The highest BCUT2D eigenvalue weighted by Gasteiger charge is 2.12. The van der Waals surface area contributed by atoms with Crippen LogP contribution < -0.4 is 5.32 Å². The molecule has 0 radical (unpaired) electrons. The summed E-state index contributed by atoms with van der Waals surface area (Å²) in [4.78, 5) is 15.2. The minimum atomic E-state index is -0.447. The second-order valence-electron chi connectivity index (χ2n) is 4.18. The molecule has 0 saturated carbocycles. The van der Waals surface area contributed by atoms with Gasteiger partial charge in [0.1, 0.15) is 5.82 Å². The molecule has 94 valence electrons. The van der Waals surface area contributed by atoms with Gasteiger partial charge >= 0.3 is 0 Å². The molecule has 1 amide bonds. The average molecular weight is 254 g/mol. The first-order valence-electron chi connectivity index (χ1n) is 5.88. The number of H-pyrrole nitrogens is 1. The summed E-state index contributed by atoms with van der Waals surface area (Å²) in [5.74, 6) is -0.771. The predicted octanol–water partition coefficient (Wildman–Crippen LogP) is 3.56. The maximum atomic E-state index is 13.5. The Hall–Kier alpha value is -2.62. The SMILES string of the molecule is O=C(Nc1ccccc1F)c1cccc2[nH]ccc12. The first kappa shape index (κ1) is 11.5. The highest BCUT2D eigenvalue weighted by atomic mass is 19.1. The number of halogens is 1. The fourth-order valence-electron chi connectivity index (χ4n) is 2.04. The third-order valence-corrected chi connectivity index (χ3v) is 2.96. The number of carbonyl (C=O) groups is 1. The fourth-order valence-corrected chi connectivity index (χ4v) is 2.04. The number of anilines is 1. The molecule has 3 nitrogen and oxygen atoms in total. The highest BCUT2D eigenvalue weighted by molar-refractivity contribution is 6.12.